The average Bonchev–Trinajstić information content (AvgIpc) is 2.70. The summed E-state index contributed by atoms with van der Waals surface area (Å²) >= 11 is 0. The summed E-state index contributed by atoms with van der Waals surface area (Å²) in [6, 6.07) is 5.80. The summed E-state index contributed by atoms with van der Waals surface area (Å²) in [6.45, 7) is 0.486. The lowest BCUT2D eigenvalue weighted by Gasteiger charge is -2.05. The SMILES string of the molecule is COc1cc(OC)c2[nH]c(CN)cc2c1. The standard InChI is InChI=1S/C11H14N2O2/c1-14-9-4-7-3-8(6-12)13-11(7)10(5-9)15-2/h3-5,13H,6,12H2,1-2H3. The lowest BCUT2D eigenvalue weighted by molar-refractivity contribution is 0.397. The van der Waals surface area contributed by atoms with Crippen molar-refractivity contribution in [1.29, 1.82) is 0 Å². The van der Waals surface area contributed by atoms with Gasteiger partial charge in [-0.3, -0.25) is 0 Å². The summed E-state index contributed by atoms with van der Waals surface area (Å²) in [5.41, 5.74) is 7.51. The van der Waals surface area contributed by atoms with Crippen LogP contribution in [-0.2, 0) is 6.54 Å². The van der Waals surface area contributed by atoms with Gasteiger partial charge in [-0.25, -0.2) is 0 Å². The van der Waals surface area contributed by atoms with Crippen LogP contribution in [0, 0.1) is 0 Å². The molecule has 0 aliphatic heterocycles. The lowest BCUT2D eigenvalue weighted by Crippen LogP contribution is -1.95. The van der Waals surface area contributed by atoms with Crippen LogP contribution in [0.3, 0.4) is 0 Å². The van der Waals surface area contributed by atoms with E-state index in [0.29, 0.717) is 6.54 Å². The summed E-state index contributed by atoms with van der Waals surface area (Å²) in [7, 11) is 3.27. The lowest BCUT2D eigenvalue weighted by atomic mass is 10.2. The normalized spacial score (nSPS) is 10.6. The van der Waals surface area contributed by atoms with E-state index in [0.717, 1.165) is 28.1 Å². The fraction of sp³-hybridized carbons (Fsp3) is 0.273. The van der Waals surface area contributed by atoms with Gasteiger partial charge in [-0.2, -0.15) is 0 Å². The van der Waals surface area contributed by atoms with E-state index in [2.05, 4.69) is 4.98 Å². The molecule has 4 nitrogen and oxygen atoms in total. The number of fused-ring (bicyclic) bond motifs is 1. The van der Waals surface area contributed by atoms with Gasteiger partial charge in [0, 0.05) is 23.7 Å². The zero-order chi connectivity index (χ0) is 10.8. The van der Waals surface area contributed by atoms with Crippen molar-refractivity contribution in [2.75, 3.05) is 14.2 Å². The fourth-order valence-electron chi connectivity index (χ4n) is 1.63. The van der Waals surface area contributed by atoms with Gasteiger partial charge >= 0.3 is 0 Å². The maximum absolute atomic E-state index is 5.57. The molecule has 0 bridgehead atoms. The van der Waals surface area contributed by atoms with Gasteiger partial charge in [-0.15, -0.1) is 0 Å². The Bertz CT molecular complexity index is 477. The average molecular weight is 206 g/mol. The number of H-pyrrole nitrogens is 1. The number of hydrogen-bond donors (Lipinski definition) is 2. The van der Waals surface area contributed by atoms with E-state index >= 15 is 0 Å². The molecule has 1 aromatic carbocycles. The first kappa shape index (κ1) is 9.86. The maximum Gasteiger partial charge on any atom is 0.146 e. The van der Waals surface area contributed by atoms with Crippen LogP contribution in [0.5, 0.6) is 11.5 Å². The Labute approximate surface area is 88.0 Å². The van der Waals surface area contributed by atoms with Gasteiger partial charge in [0.05, 0.1) is 19.7 Å². The highest BCUT2D eigenvalue weighted by molar-refractivity contribution is 5.87. The van der Waals surface area contributed by atoms with E-state index in [1.54, 1.807) is 14.2 Å². The second-order valence-electron chi connectivity index (χ2n) is 3.29. The van der Waals surface area contributed by atoms with E-state index in [9.17, 15) is 0 Å². The predicted molar refractivity (Wildman–Crippen MR) is 59.3 cm³/mol. The summed E-state index contributed by atoms with van der Waals surface area (Å²) in [4.78, 5) is 3.21. The first-order valence-electron chi connectivity index (χ1n) is 4.72. The van der Waals surface area contributed by atoms with Crippen molar-refractivity contribution in [3.63, 3.8) is 0 Å². The molecule has 80 valence electrons. The molecule has 2 aromatic rings. The molecule has 0 aliphatic carbocycles. The van der Waals surface area contributed by atoms with Gasteiger partial charge in [0.25, 0.3) is 0 Å². The molecule has 0 saturated heterocycles. The highest BCUT2D eigenvalue weighted by Crippen LogP contribution is 2.30. The Morgan fingerprint density at radius 2 is 2.00 bits per heavy atom. The van der Waals surface area contributed by atoms with Crippen LogP contribution in [-0.4, -0.2) is 19.2 Å². The van der Waals surface area contributed by atoms with Crippen molar-refractivity contribution in [3.05, 3.63) is 23.9 Å². The minimum absolute atomic E-state index is 0.486. The third-order valence-corrected chi connectivity index (χ3v) is 2.40. The summed E-state index contributed by atoms with van der Waals surface area (Å²) in [6.07, 6.45) is 0. The van der Waals surface area contributed by atoms with Crippen LogP contribution < -0.4 is 15.2 Å². The number of ether oxygens (including phenoxy) is 2. The third-order valence-electron chi connectivity index (χ3n) is 2.40. The topological polar surface area (TPSA) is 60.3 Å². The minimum atomic E-state index is 0.486. The van der Waals surface area contributed by atoms with E-state index in [4.69, 9.17) is 15.2 Å². The molecular weight excluding hydrogens is 192 g/mol. The van der Waals surface area contributed by atoms with E-state index in [-0.39, 0.29) is 0 Å². The van der Waals surface area contributed by atoms with Gasteiger partial charge in [0.1, 0.15) is 11.5 Å². The largest absolute Gasteiger partial charge is 0.497 e. The summed E-state index contributed by atoms with van der Waals surface area (Å²) < 4.78 is 10.5. The molecule has 0 spiro atoms. The van der Waals surface area contributed by atoms with Crippen molar-refractivity contribution < 1.29 is 9.47 Å². The molecule has 0 amide bonds. The van der Waals surface area contributed by atoms with E-state index in [1.165, 1.54) is 0 Å². The molecule has 1 aromatic heterocycles. The molecule has 0 fully saturated rings. The second-order valence-corrected chi connectivity index (χ2v) is 3.29. The van der Waals surface area contributed by atoms with Crippen molar-refractivity contribution >= 4 is 10.9 Å². The molecule has 15 heavy (non-hydrogen) atoms. The van der Waals surface area contributed by atoms with Gasteiger partial charge in [-0.1, -0.05) is 0 Å². The number of nitrogens with one attached hydrogen (secondary N) is 1. The third kappa shape index (κ3) is 1.64. The van der Waals surface area contributed by atoms with Gasteiger partial charge in [0.2, 0.25) is 0 Å². The number of aromatic nitrogens is 1. The van der Waals surface area contributed by atoms with Crippen molar-refractivity contribution in [2.24, 2.45) is 5.73 Å². The Morgan fingerprint density at radius 3 is 2.60 bits per heavy atom. The van der Waals surface area contributed by atoms with Crippen LogP contribution in [0.15, 0.2) is 18.2 Å². The van der Waals surface area contributed by atoms with Crippen molar-refractivity contribution in [3.8, 4) is 11.5 Å². The monoisotopic (exact) mass is 206 g/mol. The van der Waals surface area contributed by atoms with Crippen molar-refractivity contribution in [2.45, 2.75) is 6.54 Å². The van der Waals surface area contributed by atoms with Crippen LogP contribution in [0.2, 0.25) is 0 Å². The van der Waals surface area contributed by atoms with Crippen LogP contribution >= 0.6 is 0 Å². The number of benzene rings is 1. The quantitative estimate of drug-likeness (QED) is 0.802. The van der Waals surface area contributed by atoms with Crippen molar-refractivity contribution in [1.82, 2.24) is 4.98 Å². The molecule has 3 N–H and O–H groups in total. The van der Waals surface area contributed by atoms with Gasteiger partial charge < -0.3 is 20.2 Å². The predicted octanol–water partition coefficient (Wildman–Crippen LogP) is 1.64. The molecule has 0 aliphatic rings. The molecule has 0 unspecified atom stereocenters. The zero-order valence-electron chi connectivity index (χ0n) is 8.83. The number of methoxy groups -OCH3 is 2. The Morgan fingerprint density at radius 1 is 1.20 bits per heavy atom. The summed E-state index contributed by atoms with van der Waals surface area (Å²) in [5.74, 6) is 1.55. The number of rotatable bonds is 3. The maximum atomic E-state index is 5.57. The van der Waals surface area contributed by atoms with Gasteiger partial charge in [0.15, 0.2) is 0 Å². The Balaban J connectivity index is 2.66. The first-order chi connectivity index (χ1) is 7.28. The fourth-order valence-corrected chi connectivity index (χ4v) is 1.63. The molecule has 0 atom stereocenters. The summed E-state index contributed by atoms with van der Waals surface area (Å²) in [5, 5.41) is 1.05. The molecular formula is C11H14N2O2. The molecule has 4 heteroatoms. The molecule has 0 radical (unpaired) electrons. The van der Waals surface area contributed by atoms with Gasteiger partial charge in [-0.05, 0) is 12.1 Å². The number of hydrogen-bond acceptors (Lipinski definition) is 3. The Kier molecular flexibility index (Phi) is 2.51. The molecule has 2 rings (SSSR count). The van der Waals surface area contributed by atoms with Crippen LogP contribution in [0.1, 0.15) is 5.69 Å². The molecule has 1 heterocycles. The smallest absolute Gasteiger partial charge is 0.146 e. The number of nitrogens with two attached hydrogens (primary N) is 1. The van der Waals surface area contributed by atoms with E-state index in [1.807, 2.05) is 18.2 Å². The minimum Gasteiger partial charge on any atom is -0.497 e. The number of aromatic amines is 1. The van der Waals surface area contributed by atoms with Crippen LogP contribution in [0.4, 0.5) is 0 Å². The zero-order valence-corrected chi connectivity index (χ0v) is 8.83. The van der Waals surface area contributed by atoms with Crippen LogP contribution in [0.25, 0.3) is 10.9 Å². The molecule has 0 saturated carbocycles. The Hall–Kier alpha value is -1.68. The highest BCUT2D eigenvalue weighted by atomic mass is 16.5. The highest BCUT2D eigenvalue weighted by Gasteiger charge is 2.07. The second kappa shape index (κ2) is 3.82. The van der Waals surface area contributed by atoms with E-state index < -0.39 is 0 Å². The first-order valence-corrected chi connectivity index (χ1v) is 4.72.